The Morgan fingerprint density at radius 2 is 2.21 bits per heavy atom. The number of thiazole rings is 1. The second-order valence-corrected chi connectivity index (χ2v) is 7.55. The van der Waals surface area contributed by atoms with Crippen molar-refractivity contribution in [2.75, 3.05) is 13.1 Å². The number of likely N-dealkylation sites (tertiary alicyclic amines) is 1. The molecule has 2 heterocycles. The molecule has 2 aromatic rings. The number of aliphatic hydroxyl groups excluding tert-OH is 2. The molecule has 5 nitrogen and oxygen atoms in total. The Labute approximate surface area is 145 Å². The third kappa shape index (κ3) is 3.61. The normalized spacial score (nSPS) is 21.0. The highest BCUT2D eigenvalue weighted by Gasteiger charge is 2.33. The first-order valence-electron chi connectivity index (χ1n) is 8.60. The molecule has 3 rings (SSSR count). The molecule has 0 unspecified atom stereocenters. The summed E-state index contributed by atoms with van der Waals surface area (Å²) in [5, 5.41) is 21.2. The van der Waals surface area contributed by atoms with E-state index in [1.165, 1.54) is 11.3 Å². The molecule has 1 aromatic carbocycles. The molecule has 1 fully saturated rings. The molecule has 130 valence electrons. The van der Waals surface area contributed by atoms with Gasteiger partial charge in [-0.15, -0.1) is 11.3 Å². The summed E-state index contributed by atoms with van der Waals surface area (Å²) in [6.07, 6.45) is 1.56. The number of hydrogen-bond acceptors (Lipinski definition) is 5. The molecule has 0 aliphatic carbocycles. The minimum absolute atomic E-state index is 0.387. The van der Waals surface area contributed by atoms with Crippen molar-refractivity contribution in [1.29, 1.82) is 0 Å². The van der Waals surface area contributed by atoms with Gasteiger partial charge in [0.2, 0.25) is 0 Å². The number of hydrogen-bond donors (Lipinski definition) is 2. The van der Waals surface area contributed by atoms with E-state index in [0.29, 0.717) is 24.0 Å². The zero-order valence-electron chi connectivity index (χ0n) is 13.9. The van der Waals surface area contributed by atoms with E-state index in [4.69, 9.17) is 0 Å². The number of para-hydroxylation sites is 1. The molecule has 24 heavy (non-hydrogen) atoms. The minimum atomic E-state index is -1.45. The van der Waals surface area contributed by atoms with Crippen molar-refractivity contribution < 1.29 is 15.0 Å². The van der Waals surface area contributed by atoms with Crippen LogP contribution in [-0.2, 0) is 4.79 Å². The fourth-order valence-electron chi connectivity index (χ4n) is 3.38. The van der Waals surface area contributed by atoms with E-state index < -0.39 is 12.2 Å². The van der Waals surface area contributed by atoms with E-state index >= 15 is 0 Å². The number of rotatable bonds is 5. The van der Waals surface area contributed by atoms with Crippen LogP contribution in [-0.4, -0.2) is 45.2 Å². The molecule has 2 N–H and O–H groups in total. The number of carbonyl (C=O) groups excluding carboxylic acids is 1. The molecular formula is C18H24N2O3S. The van der Waals surface area contributed by atoms with E-state index in [1.54, 1.807) is 4.90 Å². The maximum Gasteiger partial charge on any atom is 0.254 e. The Morgan fingerprint density at radius 3 is 2.96 bits per heavy atom. The summed E-state index contributed by atoms with van der Waals surface area (Å²) in [7, 11) is 0. The zero-order chi connectivity index (χ0) is 17.1. The van der Waals surface area contributed by atoms with E-state index in [2.05, 4.69) is 11.9 Å². The molecule has 1 saturated heterocycles. The smallest absolute Gasteiger partial charge is 0.254 e. The van der Waals surface area contributed by atoms with Gasteiger partial charge >= 0.3 is 0 Å². The van der Waals surface area contributed by atoms with Crippen molar-refractivity contribution in [2.45, 2.75) is 44.8 Å². The van der Waals surface area contributed by atoms with E-state index in [0.717, 1.165) is 35.9 Å². The van der Waals surface area contributed by atoms with Gasteiger partial charge in [0.25, 0.3) is 5.91 Å². The summed E-state index contributed by atoms with van der Waals surface area (Å²) in [6.45, 7) is 3.48. The predicted octanol–water partition coefficient (Wildman–Crippen LogP) is 2.73. The standard InChI is InChI=1S/C18H24N2O3S/c1-2-6-12-7-5-10-20(11-12)18(23)16(22)15(21)17-19-13-8-3-4-9-14(13)24-17/h3-4,8-9,12,15-16,21-22H,2,5-7,10-11H2,1H3/t12-,15-,16+/m1/s1. The molecule has 0 radical (unpaired) electrons. The average Bonchev–Trinajstić information content (AvgIpc) is 3.04. The highest BCUT2D eigenvalue weighted by atomic mass is 32.1. The molecule has 1 aliphatic heterocycles. The van der Waals surface area contributed by atoms with Crippen LogP contribution < -0.4 is 0 Å². The Hall–Kier alpha value is -1.50. The van der Waals surface area contributed by atoms with Crippen LogP contribution in [0.3, 0.4) is 0 Å². The fourth-order valence-corrected chi connectivity index (χ4v) is 4.37. The van der Waals surface area contributed by atoms with Crippen molar-refractivity contribution in [3.05, 3.63) is 29.3 Å². The molecule has 1 amide bonds. The molecule has 0 bridgehead atoms. The zero-order valence-corrected chi connectivity index (χ0v) is 14.7. The maximum atomic E-state index is 12.6. The first-order chi connectivity index (χ1) is 11.6. The van der Waals surface area contributed by atoms with Crippen LogP contribution in [0, 0.1) is 5.92 Å². The van der Waals surface area contributed by atoms with Crippen LogP contribution in [0.1, 0.15) is 43.7 Å². The van der Waals surface area contributed by atoms with Gasteiger partial charge in [0.15, 0.2) is 6.10 Å². The summed E-state index contributed by atoms with van der Waals surface area (Å²) in [5.74, 6) is 0.113. The minimum Gasteiger partial charge on any atom is -0.383 e. The van der Waals surface area contributed by atoms with Gasteiger partial charge in [-0.1, -0.05) is 25.5 Å². The van der Waals surface area contributed by atoms with E-state index in [-0.39, 0.29) is 5.91 Å². The number of nitrogens with zero attached hydrogens (tertiary/aromatic N) is 2. The van der Waals surface area contributed by atoms with Crippen molar-refractivity contribution in [3.63, 3.8) is 0 Å². The molecule has 0 saturated carbocycles. The van der Waals surface area contributed by atoms with Crippen LogP contribution in [0.4, 0.5) is 0 Å². The lowest BCUT2D eigenvalue weighted by Crippen LogP contribution is -2.46. The number of aromatic nitrogens is 1. The molecule has 1 aliphatic rings. The molecule has 3 atom stereocenters. The summed E-state index contributed by atoms with van der Waals surface area (Å²) >= 11 is 1.31. The number of benzene rings is 1. The topological polar surface area (TPSA) is 73.7 Å². The number of carbonyl (C=O) groups is 1. The van der Waals surface area contributed by atoms with Crippen molar-refractivity contribution in [3.8, 4) is 0 Å². The van der Waals surface area contributed by atoms with Gasteiger partial charge in [-0.05, 0) is 37.3 Å². The summed E-state index contributed by atoms with van der Waals surface area (Å²) < 4.78 is 0.937. The number of piperidine rings is 1. The summed E-state index contributed by atoms with van der Waals surface area (Å²) in [4.78, 5) is 18.6. The largest absolute Gasteiger partial charge is 0.383 e. The first-order valence-corrected chi connectivity index (χ1v) is 9.42. The van der Waals surface area contributed by atoms with Crippen molar-refractivity contribution in [1.82, 2.24) is 9.88 Å². The lowest BCUT2D eigenvalue weighted by atomic mass is 9.93. The van der Waals surface area contributed by atoms with Crippen LogP contribution >= 0.6 is 11.3 Å². The predicted molar refractivity (Wildman–Crippen MR) is 94.8 cm³/mol. The Morgan fingerprint density at radius 1 is 1.42 bits per heavy atom. The Kier molecular flexibility index (Phi) is 5.48. The Balaban J connectivity index is 1.70. The number of aliphatic hydroxyl groups is 2. The monoisotopic (exact) mass is 348 g/mol. The lowest BCUT2D eigenvalue weighted by molar-refractivity contribution is -0.148. The third-order valence-corrected chi connectivity index (χ3v) is 5.75. The van der Waals surface area contributed by atoms with Gasteiger partial charge in [-0.3, -0.25) is 4.79 Å². The fraction of sp³-hybridized carbons (Fsp3) is 0.556. The van der Waals surface area contributed by atoms with Gasteiger partial charge in [-0.2, -0.15) is 0 Å². The van der Waals surface area contributed by atoms with E-state index in [1.807, 2.05) is 24.3 Å². The van der Waals surface area contributed by atoms with Gasteiger partial charge < -0.3 is 15.1 Å². The average molecular weight is 348 g/mol. The van der Waals surface area contributed by atoms with Crippen LogP contribution in [0.15, 0.2) is 24.3 Å². The van der Waals surface area contributed by atoms with Crippen LogP contribution in [0.25, 0.3) is 10.2 Å². The highest BCUT2D eigenvalue weighted by molar-refractivity contribution is 7.18. The van der Waals surface area contributed by atoms with Crippen molar-refractivity contribution >= 4 is 27.5 Å². The first kappa shape index (κ1) is 17.3. The summed E-state index contributed by atoms with van der Waals surface area (Å²) in [5.41, 5.74) is 0.775. The number of amides is 1. The van der Waals surface area contributed by atoms with Crippen LogP contribution in [0.2, 0.25) is 0 Å². The lowest BCUT2D eigenvalue weighted by Gasteiger charge is -2.34. The molecule has 6 heteroatoms. The highest BCUT2D eigenvalue weighted by Crippen LogP contribution is 2.29. The third-order valence-electron chi connectivity index (χ3n) is 4.64. The van der Waals surface area contributed by atoms with Gasteiger partial charge in [0.1, 0.15) is 11.1 Å². The quantitative estimate of drug-likeness (QED) is 0.871. The van der Waals surface area contributed by atoms with Crippen LogP contribution in [0.5, 0.6) is 0 Å². The van der Waals surface area contributed by atoms with Crippen molar-refractivity contribution in [2.24, 2.45) is 5.92 Å². The van der Waals surface area contributed by atoms with E-state index in [9.17, 15) is 15.0 Å². The molecular weight excluding hydrogens is 324 g/mol. The van der Waals surface area contributed by atoms with Gasteiger partial charge in [0.05, 0.1) is 10.2 Å². The molecule has 1 aromatic heterocycles. The summed E-state index contributed by atoms with van der Waals surface area (Å²) in [6, 6.07) is 7.55. The molecule has 0 spiro atoms. The second kappa shape index (κ2) is 7.59. The second-order valence-electron chi connectivity index (χ2n) is 6.49. The van der Waals surface area contributed by atoms with Gasteiger partial charge in [-0.25, -0.2) is 4.98 Å². The maximum absolute atomic E-state index is 12.6. The Bertz CT molecular complexity index is 667. The number of fused-ring (bicyclic) bond motifs is 1. The SMILES string of the molecule is CCC[C@@H]1CCCN(C(=O)[C@@H](O)[C@@H](O)c2nc3ccccc3s2)C1. The van der Waals surface area contributed by atoms with Gasteiger partial charge in [0, 0.05) is 13.1 Å².